The average molecular weight is 286 g/mol. The molecule has 0 bridgehead atoms. The van der Waals surface area contributed by atoms with Crippen molar-refractivity contribution in [3.63, 3.8) is 0 Å². The van der Waals surface area contributed by atoms with Gasteiger partial charge in [0, 0.05) is 6.04 Å². The molecule has 1 fully saturated rings. The molecule has 0 aromatic carbocycles. The minimum Gasteiger partial charge on any atom is -0.479 e. The Kier molecular flexibility index (Phi) is 4.38. The average Bonchev–Trinajstić information content (AvgIpc) is 3.12. The summed E-state index contributed by atoms with van der Waals surface area (Å²) in [5, 5.41) is 28.2. The number of hydrogen-bond donors (Lipinski definition) is 3. The molecule has 1 amide bonds. The topological polar surface area (TPSA) is 117 Å². The van der Waals surface area contributed by atoms with Crippen molar-refractivity contribution in [1.29, 1.82) is 0 Å². The molecule has 0 saturated heterocycles. The molecule has 3 N–H and O–H groups in total. The normalized spacial score (nSPS) is 16.1. The Morgan fingerprint density at radius 1 is 1.58 bits per heavy atom. The Bertz CT molecular complexity index is 474. The minimum absolute atomic E-state index is 0.109. The van der Waals surface area contributed by atoms with Crippen LogP contribution in [0.25, 0.3) is 0 Å². The third-order valence-electron chi connectivity index (χ3n) is 2.59. The first kappa shape index (κ1) is 13.8. The number of carbonyl (C=O) groups is 2. The van der Waals surface area contributed by atoms with Gasteiger partial charge in [0.1, 0.15) is 6.33 Å². The van der Waals surface area contributed by atoms with Crippen molar-refractivity contribution in [3.05, 3.63) is 6.33 Å². The van der Waals surface area contributed by atoms with Gasteiger partial charge in [0.2, 0.25) is 5.91 Å². The summed E-state index contributed by atoms with van der Waals surface area (Å²) in [7, 11) is 0. The fourth-order valence-corrected chi connectivity index (χ4v) is 2.23. The SMILES string of the molecule is O=C(CSc1nncn1C1CC1)NCC(O)C(=O)O. The smallest absolute Gasteiger partial charge is 0.334 e. The van der Waals surface area contributed by atoms with E-state index in [1.165, 1.54) is 11.8 Å². The number of carboxylic acids is 1. The van der Waals surface area contributed by atoms with Crippen LogP contribution in [0, 0.1) is 0 Å². The van der Waals surface area contributed by atoms with Gasteiger partial charge in [-0.05, 0) is 12.8 Å². The maximum Gasteiger partial charge on any atom is 0.334 e. The molecule has 2 rings (SSSR count). The van der Waals surface area contributed by atoms with E-state index < -0.39 is 12.1 Å². The van der Waals surface area contributed by atoms with Gasteiger partial charge in [0.05, 0.1) is 12.3 Å². The number of aliphatic hydroxyl groups excluding tert-OH is 1. The molecule has 1 unspecified atom stereocenters. The lowest BCUT2D eigenvalue weighted by atomic mass is 10.3. The van der Waals surface area contributed by atoms with Gasteiger partial charge < -0.3 is 20.1 Å². The van der Waals surface area contributed by atoms with E-state index in [1.54, 1.807) is 6.33 Å². The molecule has 0 spiro atoms. The quantitative estimate of drug-likeness (QED) is 0.565. The number of hydrogen-bond acceptors (Lipinski definition) is 6. The van der Waals surface area contributed by atoms with Crippen LogP contribution in [0.2, 0.25) is 0 Å². The molecule has 1 aromatic rings. The summed E-state index contributed by atoms with van der Waals surface area (Å²) in [5.41, 5.74) is 0. The Morgan fingerprint density at radius 3 is 2.95 bits per heavy atom. The first-order chi connectivity index (χ1) is 9.08. The van der Waals surface area contributed by atoms with Crippen LogP contribution in [-0.2, 0) is 9.59 Å². The van der Waals surface area contributed by atoms with Crippen molar-refractivity contribution in [2.24, 2.45) is 0 Å². The summed E-state index contributed by atoms with van der Waals surface area (Å²) in [6.07, 6.45) is 2.26. The molecule has 1 aliphatic rings. The van der Waals surface area contributed by atoms with Crippen LogP contribution in [0.15, 0.2) is 11.5 Å². The molecule has 1 saturated carbocycles. The number of aromatic nitrogens is 3. The molecule has 0 radical (unpaired) electrons. The Morgan fingerprint density at radius 2 is 2.32 bits per heavy atom. The van der Waals surface area contributed by atoms with E-state index in [1.807, 2.05) is 4.57 Å². The Balaban J connectivity index is 1.74. The second-order valence-corrected chi connectivity index (χ2v) is 5.14. The maximum absolute atomic E-state index is 11.5. The summed E-state index contributed by atoms with van der Waals surface area (Å²) in [6.45, 7) is -0.302. The molecule has 8 nitrogen and oxygen atoms in total. The van der Waals surface area contributed by atoms with E-state index >= 15 is 0 Å². The lowest BCUT2D eigenvalue weighted by Crippen LogP contribution is -2.37. The fraction of sp³-hybridized carbons (Fsp3) is 0.600. The zero-order chi connectivity index (χ0) is 13.8. The van der Waals surface area contributed by atoms with Crippen molar-refractivity contribution in [2.45, 2.75) is 30.1 Å². The number of carbonyl (C=O) groups excluding carboxylic acids is 1. The molecule has 1 aromatic heterocycles. The van der Waals surface area contributed by atoms with Crippen LogP contribution >= 0.6 is 11.8 Å². The molecular formula is C10H14N4O4S. The van der Waals surface area contributed by atoms with Crippen LogP contribution in [-0.4, -0.2) is 55.3 Å². The van der Waals surface area contributed by atoms with Crippen LogP contribution in [0.3, 0.4) is 0 Å². The molecule has 1 atom stereocenters. The fourth-order valence-electron chi connectivity index (χ4n) is 1.42. The van der Waals surface area contributed by atoms with Gasteiger partial charge in [-0.15, -0.1) is 10.2 Å². The molecule has 104 valence electrons. The van der Waals surface area contributed by atoms with Crippen LogP contribution in [0.4, 0.5) is 0 Å². The van der Waals surface area contributed by atoms with Crippen LogP contribution in [0.5, 0.6) is 0 Å². The highest BCUT2D eigenvalue weighted by atomic mass is 32.2. The molecule has 19 heavy (non-hydrogen) atoms. The highest BCUT2D eigenvalue weighted by Crippen LogP contribution is 2.37. The van der Waals surface area contributed by atoms with E-state index in [9.17, 15) is 9.59 Å². The van der Waals surface area contributed by atoms with Gasteiger partial charge in [-0.2, -0.15) is 0 Å². The highest BCUT2D eigenvalue weighted by molar-refractivity contribution is 7.99. The second-order valence-electron chi connectivity index (χ2n) is 4.20. The maximum atomic E-state index is 11.5. The third-order valence-corrected chi connectivity index (χ3v) is 3.55. The van der Waals surface area contributed by atoms with Crippen molar-refractivity contribution < 1.29 is 19.8 Å². The number of carboxylic acid groups (broad SMARTS) is 1. The van der Waals surface area contributed by atoms with Crippen molar-refractivity contribution >= 4 is 23.6 Å². The van der Waals surface area contributed by atoms with Gasteiger partial charge in [-0.1, -0.05) is 11.8 Å². The molecule has 1 aliphatic carbocycles. The van der Waals surface area contributed by atoms with E-state index in [4.69, 9.17) is 10.2 Å². The van der Waals surface area contributed by atoms with E-state index in [-0.39, 0.29) is 18.2 Å². The number of nitrogens with one attached hydrogen (secondary N) is 1. The van der Waals surface area contributed by atoms with Crippen molar-refractivity contribution in [2.75, 3.05) is 12.3 Å². The predicted octanol–water partition coefficient (Wildman–Crippen LogP) is -0.733. The van der Waals surface area contributed by atoms with Gasteiger partial charge in [0.15, 0.2) is 11.3 Å². The Hall–Kier alpha value is -1.61. The largest absolute Gasteiger partial charge is 0.479 e. The molecule has 1 heterocycles. The minimum atomic E-state index is -1.58. The first-order valence-corrected chi connectivity index (χ1v) is 6.76. The summed E-state index contributed by atoms with van der Waals surface area (Å²) < 4.78 is 1.93. The Labute approximate surface area is 113 Å². The van der Waals surface area contributed by atoms with Crippen LogP contribution in [0.1, 0.15) is 18.9 Å². The lowest BCUT2D eigenvalue weighted by Gasteiger charge is -2.07. The summed E-state index contributed by atoms with van der Waals surface area (Å²) in [6, 6.07) is 0.439. The third kappa shape index (κ3) is 3.93. The summed E-state index contributed by atoms with van der Waals surface area (Å²) in [5.74, 6) is -1.60. The van der Waals surface area contributed by atoms with Gasteiger partial charge in [-0.3, -0.25) is 4.79 Å². The number of nitrogens with zero attached hydrogens (tertiary/aromatic N) is 3. The van der Waals surface area contributed by atoms with Gasteiger partial charge >= 0.3 is 5.97 Å². The second kappa shape index (κ2) is 6.02. The number of thioether (sulfide) groups is 1. The number of rotatable bonds is 7. The number of amides is 1. The van der Waals surface area contributed by atoms with E-state index in [0.29, 0.717) is 11.2 Å². The van der Waals surface area contributed by atoms with Crippen molar-refractivity contribution in [3.8, 4) is 0 Å². The summed E-state index contributed by atoms with van der Waals surface area (Å²) >= 11 is 1.24. The standard InChI is InChI=1S/C10H14N4O4S/c15-7(9(17)18)3-11-8(16)4-19-10-13-12-5-14(10)6-1-2-6/h5-7,15H,1-4H2,(H,11,16)(H,17,18). The zero-order valence-corrected chi connectivity index (χ0v) is 10.8. The van der Waals surface area contributed by atoms with Crippen LogP contribution < -0.4 is 5.32 Å². The highest BCUT2D eigenvalue weighted by Gasteiger charge is 2.26. The lowest BCUT2D eigenvalue weighted by molar-refractivity contribution is -0.146. The molecule has 9 heteroatoms. The predicted molar refractivity (Wildman–Crippen MR) is 65.7 cm³/mol. The van der Waals surface area contributed by atoms with E-state index in [2.05, 4.69) is 15.5 Å². The number of aliphatic hydroxyl groups is 1. The number of aliphatic carboxylic acids is 1. The molecular weight excluding hydrogens is 272 g/mol. The van der Waals surface area contributed by atoms with Crippen molar-refractivity contribution in [1.82, 2.24) is 20.1 Å². The monoisotopic (exact) mass is 286 g/mol. The first-order valence-electron chi connectivity index (χ1n) is 5.78. The molecule has 0 aliphatic heterocycles. The van der Waals surface area contributed by atoms with E-state index in [0.717, 1.165) is 12.8 Å². The van der Waals surface area contributed by atoms with Gasteiger partial charge in [0.25, 0.3) is 0 Å². The van der Waals surface area contributed by atoms with Gasteiger partial charge in [-0.25, -0.2) is 4.79 Å². The zero-order valence-electron chi connectivity index (χ0n) is 10.0. The summed E-state index contributed by atoms with van der Waals surface area (Å²) in [4.78, 5) is 21.8.